The van der Waals surface area contributed by atoms with Crippen molar-refractivity contribution in [2.75, 3.05) is 20.8 Å². The molecule has 0 spiro atoms. The van der Waals surface area contributed by atoms with E-state index in [2.05, 4.69) is 10.6 Å². The lowest BCUT2D eigenvalue weighted by Gasteiger charge is -2.17. The molecule has 1 atom stereocenters. The summed E-state index contributed by atoms with van der Waals surface area (Å²) in [4.78, 5) is 12.1. The highest BCUT2D eigenvalue weighted by atomic mass is 16.5. The molecule has 0 radical (unpaired) electrons. The van der Waals surface area contributed by atoms with Gasteiger partial charge in [0.1, 0.15) is 23.4 Å². The lowest BCUT2D eigenvalue weighted by molar-refractivity contribution is 0.0784. The van der Waals surface area contributed by atoms with Crippen LogP contribution in [0.25, 0.3) is 0 Å². The van der Waals surface area contributed by atoms with Gasteiger partial charge in [-0.05, 0) is 30.8 Å². The maximum Gasteiger partial charge on any atom is 0.257 e. The average Bonchev–Trinajstić information content (AvgIpc) is 2.51. The largest absolute Gasteiger partial charge is 0.508 e. The van der Waals surface area contributed by atoms with Gasteiger partial charge >= 0.3 is 0 Å². The molecule has 0 aliphatic rings. The van der Waals surface area contributed by atoms with Crippen molar-refractivity contribution < 1.29 is 19.4 Å². The minimum Gasteiger partial charge on any atom is -0.508 e. The summed E-state index contributed by atoms with van der Waals surface area (Å²) in [6, 6.07) is 4.26. The molecule has 0 saturated heterocycles. The number of amidine groups is 1. The molecule has 1 rings (SSSR count). The Morgan fingerprint density at radius 2 is 2.17 bits per heavy atom. The zero-order valence-corrected chi connectivity index (χ0v) is 13.6. The van der Waals surface area contributed by atoms with Crippen LogP contribution in [0, 0.1) is 5.41 Å². The fourth-order valence-corrected chi connectivity index (χ4v) is 1.80. The van der Waals surface area contributed by atoms with Crippen molar-refractivity contribution in [3.63, 3.8) is 0 Å². The summed E-state index contributed by atoms with van der Waals surface area (Å²) in [5.41, 5.74) is 0.204. The molecule has 0 unspecified atom stereocenters. The summed E-state index contributed by atoms with van der Waals surface area (Å²) in [5, 5.41) is 22.5. The maximum absolute atomic E-state index is 12.1. The predicted molar refractivity (Wildman–Crippen MR) is 88.1 cm³/mol. The molecule has 1 aromatic rings. The summed E-state index contributed by atoms with van der Waals surface area (Å²) in [6.07, 6.45) is 3.49. The molecule has 1 amide bonds. The highest BCUT2D eigenvalue weighted by Crippen LogP contribution is 2.23. The average molecular weight is 321 g/mol. The van der Waals surface area contributed by atoms with Gasteiger partial charge in [0.15, 0.2) is 0 Å². The predicted octanol–water partition coefficient (Wildman–Crippen LogP) is 1.64. The molecule has 0 bridgehead atoms. The third-order valence-corrected chi connectivity index (χ3v) is 2.93. The number of phenols is 1. The number of benzene rings is 1. The van der Waals surface area contributed by atoms with Crippen LogP contribution in [0.2, 0.25) is 0 Å². The van der Waals surface area contributed by atoms with Crippen molar-refractivity contribution in [1.29, 1.82) is 5.41 Å². The Morgan fingerprint density at radius 3 is 2.78 bits per heavy atom. The van der Waals surface area contributed by atoms with Crippen molar-refractivity contribution in [3.05, 3.63) is 36.0 Å². The number of carbonyl (C=O) groups excluding carboxylic acids is 1. The number of phenolic OH excluding ortho intramolecular Hbond substituents is 1. The Labute approximate surface area is 135 Å². The number of ether oxygens (including phenoxy) is 2. The van der Waals surface area contributed by atoms with Gasteiger partial charge in [0, 0.05) is 25.8 Å². The van der Waals surface area contributed by atoms with E-state index in [0.29, 0.717) is 12.4 Å². The molecule has 0 saturated carbocycles. The number of aromatic hydroxyl groups is 1. The molecule has 126 valence electrons. The monoisotopic (exact) mass is 321 g/mol. The van der Waals surface area contributed by atoms with Crippen LogP contribution in [-0.4, -0.2) is 43.7 Å². The van der Waals surface area contributed by atoms with E-state index in [-0.39, 0.29) is 23.3 Å². The lowest BCUT2D eigenvalue weighted by Crippen LogP contribution is -2.28. The minimum absolute atomic E-state index is 0.0685. The first-order valence-electron chi connectivity index (χ1n) is 7.23. The number of carbonyl (C=O) groups is 1. The van der Waals surface area contributed by atoms with Crippen molar-refractivity contribution in [2.45, 2.75) is 19.4 Å². The maximum atomic E-state index is 12.1. The van der Waals surface area contributed by atoms with Crippen molar-refractivity contribution in [2.24, 2.45) is 0 Å². The first kappa shape index (κ1) is 18.5. The number of amides is 1. The van der Waals surface area contributed by atoms with E-state index < -0.39 is 5.91 Å². The fourth-order valence-electron chi connectivity index (χ4n) is 1.80. The standard InChI is InChI=1S/C16H23N3O4/c1-4-13(10-22-3)23-14-8-11(7-12(20)9-14)16(21)19-15(17)5-6-18-2/h5-9,13,18,20H,4,10H2,1-3H3,(H2,17,19,21)/b6-5-/t13-/m0/s1. The number of hydrogen-bond donors (Lipinski definition) is 4. The van der Waals surface area contributed by atoms with Crippen LogP contribution < -0.4 is 15.4 Å². The van der Waals surface area contributed by atoms with Gasteiger partial charge in [-0.1, -0.05) is 6.92 Å². The van der Waals surface area contributed by atoms with Gasteiger partial charge in [-0.2, -0.15) is 0 Å². The van der Waals surface area contributed by atoms with Gasteiger partial charge in [-0.25, -0.2) is 0 Å². The Kier molecular flexibility index (Phi) is 7.62. The number of nitrogens with one attached hydrogen (secondary N) is 3. The molecule has 1 aromatic carbocycles. The fraction of sp³-hybridized carbons (Fsp3) is 0.375. The Bertz CT molecular complexity index is 572. The van der Waals surface area contributed by atoms with Crippen LogP contribution >= 0.6 is 0 Å². The SMILES string of the molecule is CC[C@@H](COC)Oc1cc(O)cc(C(=O)NC(=N)/C=C\NC)c1. The molecule has 0 aliphatic heterocycles. The Balaban J connectivity index is 2.85. The number of methoxy groups -OCH3 is 1. The molecule has 4 N–H and O–H groups in total. The van der Waals surface area contributed by atoms with E-state index in [9.17, 15) is 9.90 Å². The molecule has 23 heavy (non-hydrogen) atoms. The molecular weight excluding hydrogens is 298 g/mol. The van der Waals surface area contributed by atoms with E-state index in [0.717, 1.165) is 6.42 Å². The Hall–Kier alpha value is -2.54. The second kappa shape index (κ2) is 9.47. The van der Waals surface area contributed by atoms with Crippen LogP contribution in [0.1, 0.15) is 23.7 Å². The zero-order valence-electron chi connectivity index (χ0n) is 13.6. The molecule has 7 nitrogen and oxygen atoms in total. The van der Waals surface area contributed by atoms with Crippen molar-refractivity contribution >= 4 is 11.7 Å². The van der Waals surface area contributed by atoms with Crippen LogP contribution in [0.15, 0.2) is 30.5 Å². The van der Waals surface area contributed by atoms with E-state index >= 15 is 0 Å². The molecular formula is C16H23N3O4. The minimum atomic E-state index is -0.503. The normalized spacial score (nSPS) is 12.0. The van der Waals surface area contributed by atoms with Gasteiger partial charge in [-0.3, -0.25) is 10.2 Å². The highest BCUT2D eigenvalue weighted by molar-refractivity contribution is 6.09. The lowest BCUT2D eigenvalue weighted by atomic mass is 10.2. The van der Waals surface area contributed by atoms with E-state index in [1.54, 1.807) is 14.2 Å². The van der Waals surface area contributed by atoms with E-state index in [1.807, 2.05) is 6.92 Å². The van der Waals surface area contributed by atoms with Gasteiger partial charge in [0.05, 0.1) is 6.61 Å². The summed E-state index contributed by atoms with van der Waals surface area (Å²) in [5.74, 6) is -0.286. The van der Waals surface area contributed by atoms with Gasteiger partial charge in [0.2, 0.25) is 0 Å². The van der Waals surface area contributed by atoms with Crippen LogP contribution in [0.5, 0.6) is 11.5 Å². The molecule has 0 fully saturated rings. The smallest absolute Gasteiger partial charge is 0.257 e. The van der Waals surface area contributed by atoms with Crippen LogP contribution in [0.3, 0.4) is 0 Å². The second-order valence-corrected chi connectivity index (χ2v) is 4.81. The topological polar surface area (TPSA) is 104 Å². The van der Waals surface area contributed by atoms with Crippen molar-refractivity contribution in [1.82, 2.24) is 10.6 Å². The van der Waals surface area contributed by atoms with Gasteiger partial charge < -0.3 is 25.2 Å². The summed E-state index contributed by atoms with van der Waals surface area (Å²) < 4.78 is 10.8. The third-order valence-electron chi connectivity index (χ3n) is 2.93. The Morgan fingerprint density at radius 1 is 1.43 bits per heavy atom. The van der Waals surface area contributed by atoms with Gasteiger partial charge in [0.25, 0.3) is 5.91 Å². The van der Waals surface area contributed by atoms with Crippen LogP contribution in [0.4, 0.5) is 0 Å². The van der Waals surface area contributed by atoms with Crippen LogP contribution in [-0.2, 0) is 4.74 Å². The zero-order chi connectivity index (χ0) is 17.2. The number of hydrogen-bond acceptors (Lipinski definition) is 6. The quantitative estimate of drug-likeness (QED) is 0.430. The molecule has 0 aromatic heterocycles. The first-order chi connectivity index (χ1) is 11.0. The third kappa shape index (κ3) is 6.39. The van der Waals surface area contributed by atoms with Crippen molar-refractivity contribution in [3.8, 4) is 11.5 Å². The van der Waals surface area contributed by atoms with E-state index in [1.165, 1.54) is 30.5 Å². The first-order valence-corrected chi connectivity index (χ1v) is 7.23. The molecule has 0 aliphatic carbocycles. The number of rotatable bonds is 8. The highest BCUT2D eigenvalue weighted by Gasteiger charge is 2.13. The van der Waals surface area contributed by atoms with E-state index in [4.69, 9.17) is 14.9 Å². The molecule has 0 heterocycles. The second-order valence-electron chi connectivity index (χ2n) is 4.81. The molecule has 7 heteroatoms. The summed E-state index contributed by atoms with van der Waals surface area (Å²) in [7, 11) is 3.27. The van der Waals surface area contributed by atoms with Gasteiger partial charge in [-0.15, -0.1) is 0 Å². The summed E-state index contributed by atoms with van der Waals surface area (Å²) >= 11 is 0. The summed E-state index contributed by atoms with van der Waals surface area (Å²) in [6.45, 7) is 2.36.